The fourth-order valence-corrected chi connectivity index (χ4v) is 0. The Labute approximate surface area is 35.0 Å². The minimum Gasteiger partial charge on any atom is -0.487 e. The maximum absolute atomic E-state index is 10.4. The molecule has 0 heterocycles. The van der Waals surface area contributed by atoms with Crippen molar-refractivity contribution in [3.05, 3.63) is 0 Å². The first-order valence-corrected chi connectivity index (χ1v) is 0.935. The zero-order chi connectivity index (χ0) is 4.28. The second kappa shape index (κ2) is 4.42. The molecule has 4 N–H and O–H groups in total. The molecule has 0 aliphatic rings. The van der Waals surface area contributed by atoms with Crippen molar-refractivity contribution in [1.29, 1.82) is 0 Å². The van der Waals surface area contributed by atoms with E-state index in [2.05, 4.69) is 0 Å². The van der Waals surface area contributed by atoms with Crippen molar-refractivity contribution in [3.63, 3.8) is 0 Å². The van der Waals surface area contributed by atoms with Crippen LogP contribution in [0.4, 0.5) is 9.11 Å². The molecule has 0 bridgehead atoms. The minimum atomic E-state index is -1.54. The average molecular weight is 91.9 g/mol. The molecule has 5 heteroatoms. The van der Waals surface area contributed by atoms with Crippen LogP contribution < -0.4 is 6.15 Å². The van der Waals surface area contributed by atoms with Crippen LogP contribution in [0.5, 0.6) is 0 Å². The molecule has 0 saturated carbocycles. The van der Waals surface area contributed by atoms with E-state index in [0.29, 0.717) is 0 Å². The molecular weight excluding hydrogens is 87.8 g/mol. The number of carbonyl (C=O) groups is 1. The van der Waals surface area contributed by atoms with E-state index in [1.54, 1.807) is 0 Å². The number of hydrogen-bond acceptors (Lipinski definition) is 2. The Bertz CT molecular complexity index is 48.8. The van der Waals surface area contributed by atoms with Gasteiger partial charge in [-0.2, -0.15) is 0 Å². The molecule has 0 rings (SSSR count). The molecule has 0 aliphatic carbocycles. The smallest absolute Gasteiger partial charge is 0.487 e. The predicted molar refractivity (Wildman–Crippen MR) is 19.9 cm³/mol. The molecule has 0 amide bonds. The van der Waals surface area contributed by atoms with Crippen LogP contribution in [0.1, 0.15) is 0 Å². The van der Waals surface area contributed by atoms with Crippen LogP contribution in [0, 0.1) is 0 Å². The van der Waals surface area contributed by atoms with Crippen molar-refractivity contribution in [2.45, 2.75) is 0 Å². The van der Waals surface area contributed by atoms with Crippen molar-refractivity contribution >= 4 is 13.4 Å². The number of halogens is 1. The van der Waals surface area contributed by atoms with Gasteiger partial charge < -0.3 is 15.6 Å². The van der Waals surface area contributed by atoms with Gasteiger partial charge in [-0.15, -0.1) is 0 Å². The summed E-state index contributed by atoms with van der Waals surface area (Å²) < 4.78 is 10.4. The van der Waals surface area contributed by atoms with Crippen molar-refractivity contribution in [2.24, 2.45) is 0 Å². The Morgan fingerprint density at radius 1 is 1.83 bits per heavy atom. The molecular formula is CH4BFNO2. The van der Waals surface area contributed by atoms with Gasteiger partial charge in [0, 0.05) is 0 Å². The maximum Gasteiger partial charge on any atom is 0.491 e. The quantitative estimate of drug-likeness (QED) is 0.460. The zero-order valence-corrected chi connectivity index (χ0v) is 3.02. The molecule has 0 aliphatic heterocycles. The Morgan fingerprint density at radius 2 is 2.00 bits per heavy atom. The van der Waals surface area contributed by atoms with Crippen molar-refractivity contribution in [2.75, 3.05) is 0 Å². The summed E-state index contributed by atoms with van der Waals surface area (Å²) in [5, 5.41) is 7.29. The monoisotopic (exact) mass is 92.0 g/mol. The minimum absolute atomic E-state index is 0. The van der Waals surface area contributed by atoms with Gasteiger partial charge >= 0.3 is 7.56 Å². The van der Waals surface area contributed by atoms with E-state index in [1.807, 2.05) is 0 Å². The summed E-state index contributed by atoms with van der Waals surface area (Å²) in [7, 11) is -0.417. The van der Waals surface area contributed by atoms with Crippen LogP contribution in [-0.4, -0.2) is 18.5 Å². The summed E-state index contributed by atoms with van der Waals surface area (Å²) in [6.07, 6.45) is 0. The Hall–Kier alpha value is -0.575. The molecule has 0 aromatic rings. The van der Waals surface area contributed by atoms with Crippen LogP contribution >= 0.6 is 0 Å². The highest BCUT2D eigenvalue weighted by Crippen LogP contribution is 1.60. The summed E-state index contributed by atoms with van der Waals surface area (Å²) in [5.41, 5.74) is 0. The summed E-state index contributed by atoms with van der Waals surface area (Å²) in [4.78, 5) is 8.94. The predicted octanol–water partition coefficient (Wildman–Crippen LogP) is 0.415. The highest BCUT2D eigenvalue weighted by atomic mass is 19.1. The lowest BCUT2D eigenvalue weighted by Crippen LogP contribution is -1.95. The van der Waals surface area contributed by atoms with Crippen LogP contribution in [0.25, 0.3) is 0 Å². The third kappa shape index (κ3) is 9.92. The SMILES string of the molecule is N.O=C(O)[B]F. The van der Waals surface area contributed by atoms with E-state index in [9.17, 15) is 4.32 Å². The lowest BCUT2D eigenvalue weighted by Gasteiger charge is -1.65. The van der Waals surface area contributed by atoms with Crippen molar-refractivity contribution in [3.8, 4) is 0 Å². The van der Waals surface area contributed by atoms with Gasteiger partial charge in [0.15, 0.2) is 0 Å². The molecule has 0 atom stereocenters. The summed E-state index contributed by atoms with van der Waals surface area (Å²) in [5.74, 6) is -1.54. The standard InChI is InChI=1S/CHBFO2.H3N/c3-2-1(4)5;/h(H,4,5);1H3. The van der Waals surface area contributed by atoms with Gasteiger partial charge in [-0.1, -0.05) is 0 Å². The van der Waals surface area contributed by atoms with Crippen LogP contribution in [0.15, 0.2) is 0 Å². The summed E-state index contributed by atoms with van der Waals surface area (Å²) in [6.45, 7) is 0. The molecule has 1 radical (unpaired) electrons. The maximum atomic E-state index is 10.4. The van der Waals surface area contributed by atoms with Crippen LogP contribution in [0.3, 0.4) is 0 Å². The van der Waals surface area contributed by atoms with Crippen molar-refractivity contribution < 1.29 is 14.2 Å². The van der Waals surface area contributed by atoms with E-state index in [0.717, 1.165) is 0 Å². The molecule has 0 saturated heterocycles. The third-order valence-corrected chi connectivity index (χ3v) is 0.0933. The Balaban J connectivity index is 0. The van der Waals surface area contributed by atoms with Gasteiger partial charge in [-0.05, 0) is 0 Å². The molecule has 0 aromatic heterocycles. The third-order valence-electron chi connectivity index (χ3n) is 0.0933. The van der Waals surface area contributed by atoms with Crippen LogP contribution in [-0.2, 0) is 0 Å². The highest BCUT2D eigenvalue weighted by molar-refractivity contribution is 6.65. The first-order chi connectivity index (χ1) is 2.27. The topological polar surface area (TPSA) is 72.3 Å². The van der Waals surface area contributed by atoms with Gasteiger partial charge in [0.25, 0.3) is 5.87 Å². The Kier molecular flexibility index (Phi) is 6.68. The van der Waals surface area contributed by atoms with Crippen molar-refractivity contribution in [1.82, 2.24) is 6.15 Å². The molecule has 0 unspecified atom stereocenters. The lowest BCUT2D eigenvalue weighted by molar-refractivity contribution is 0.218. The average Bonchev–Trinajstić information content (AvgIpc) is 1.38. The van der Waals surface area contributed by atoms with E-state index in [1.165, 1.54) is 0 Å². The molecule has 35 valence electrons. The number of carboxylic acid groups (broad SMARTS) is 1. The molecule has 0 fully saturated rings. The van der Waals surface area contributed by atoms with Gasteiger partial charge in [0.2, 0.25) is 0 Å². The summed E-state index contributed by atoms with van der Waals surface area (Å²) >= 11 is 0. The second-order valence-corrected chi connectivity index (χ2v) is 0.447. The molecule has 3 nitrogen and oxygen atoms in total. The van der Waals surface area contributed by atoms with E-state index in [4.69, 9.17) is 9.90 Å². The Morgan fingerprint density at radius 3 is 2.00 bits per heavy atom. The fraction of sp³-hybridized carbons (Fsp3) is 0. The van der Waals surface area contributed by atoms with Gasteiger partial charge in [0.1, 0.15) is 0 Å². The van der Waals surface area contributed by atoms with Gasteiger partial charge in [-0.3, -0.25) is 4.79 Å². The van der Waals surface area contributed by atoms with Gasteiger partial charge in [0.05, 0.1) is 0 Å². The van der Waals surface area contributed by atoms with Crippen LogP contribution in [0.2, 0.25) is 0 Å². The largest absolute Gasteiger partial charge is 0.491 e. The molecule has 0 aromatic carbocycles. The normalized spacial score (nSPS) is 5.50. The van der Waals surface area contributed by atoms with Gasteiger partial charge in [-0.25, -0.2) is 0 Å². The van der Waals surface area contributed by atoms with E-state index in [-0.39, 0.29) is 6.15 Å². The fourth-order valence-electron chi connectivity index (χ4n) is 0. The second-order valence-electron chi connectivity index (χ2n) is 0.447. The van der Waals surface area contributed by atoms with E-state index >= 15 is 0 Å². The van der Waals surface area contributed by atoms with E-state index < -0.39 is 13.4 Å². The molecule has 0 spiro atoms. The number of rotatable bonds is 1. The lowest BCUT2D eigenvalue weighted by atomic mass is 10.1. The first-order valence-electron chi connectivity index (χ1n) is 0.935. The summed E-state index contributed by atoms with van der Waals surface area (Å²) in [6, 6.07) is 0. The molecule has 6 heavy (non-hydrogen) atoms. The first kappa shape index (κ1) is 9.06. The zero-order valence-electron chi connectivity index (χ0n) is 3.02. The highest BCUT2D eigenvalue weighted by Gasteiger charge is 1.93. The number of hydrogen-bond donors (Lipinski definition) is 2.